The maximum atomic E-state index is 13.5. The number of carbonyl (C=O) groups excluding carboxylic acids is 2. The molecule has 0 unspecified atom stereocenters. The normalized spacial score (nSPS) is 19.4. The molecule has 188 valence electrons. The number of urea groups is 1. The fourth-order valence-electron chi connectivity index (χ4n) is 3.30. The van der Waals surface area contributed by atoms with Crippen LogP contribution >= 0.6 is 0 Å². The molecule has 3 amide bonds. The zero-order valence-electron chi connectivity index (χ0n) is 18.9. The first kappa shape index (κ1) is 25.0. The van der Waals surface area contributed by atoms with E-state index < -0.39 is 23.6 Å². The van der Waals surface area contributed by atoms with Gasteiger partial charge in [0.05, 0.1) is 5.56 Å². The minimum Gasteiger partial charge on any atom is -0.439 e. The average molecular weight is 502 g/mol. The Kier molecular flexibility index (Phi) is 7.37. The van der Waals surface area contributed by atoms with Crippen molar-refractivity contribution >= 4 is 29.5 Å². The monoisotopic (exact) mass is 502 g/mol. The van der Waals surface area contributed by atoms with Gasteiger partial charge in [-0.25, -0.2) is 14.2 Å². The second-order valence-electron chi connectivity index (χ2n) is 8.20. The molecule has 11 heteroatoms. The first-order valence-electron chi connectivity index (χ1n) is 11.2. The minimum absolute atomic E-state index is 0.0397. The van der Waals surface area contributed by atoms with Crippen molar-refractivity contribution in [3.8, 4) is 5.75 Å². The highest BCUT2D eigenvalue weighted by molar-refractivity contribution is 5.99. The summed E-state index contributed by atoms with van der Waals surface area (Å²) in [7, 11) is 0. The summed E-state index contributed by atoms with van der Waals surface area (Å²) in [6.07, 6.45) is 3.41. The first-order chi connectivity index (χ1) is 17.2. The van der Waals surface area contributed by atoms with Crippen LogP contribution < -0.4 is 20.7 Å². The number of ether oxygens (including phenoxy) is 1. The zero-order valence-corrected chi connectivity index (χ0v) is 18.9. The van der Waals surface area contributed by atoms with E-state index in [9.17, 15) is 27.2 Å². The fraction of sp³-hybridized carbons (Fsp3) is 0.240. The maximum Gasteiger partial charge on any atom is 0.419 e. The number of nitrogens with one attached hydrogen (secondary N) is 3. The van der Waals surface area contributed by atoms with E-state index in [2.05, 4.69) is 20.9 Å². The Bertz CT molecular complexity index is 1250. The van der Waals surface area contributed by atoms with Crippen LogP contribution in [0.5, 0.6) is 5.75 Å². The van der Waals surface area contributed by atoms with E-state index in [1.165, 1.54) is 6.07 Å². The lowest BCUT2D eigenvalue weighted by Gasteiger charge is -2.13. The van der Waals surface area contributed by atoms with Gasteiger partial charge in [0.15, 0.2) is 0 Å². The molecule has 4 rings (SSSR count). The number of hydrogen-bond donors (Lipinski definition) is 3. The van der Waals surface area contributed by atoms with Gasteiger partial charge in [0.25, 0.3) is 0 Å². The number of amides is 3. The Balaban J connectivity index is 1.42. The molecule has 1 fully saturated rings. The molecule has 1 saturated carbocycles. The van der Waals surface area contributed by atoms with Gasteiger partial charge in [-0.2, -0.15) is 13.2 Å². The van der Waals surface area contributed by atoms with Gasteiger partial charge < -0.3 is 20.7 Å². The summed E-state index contributed by atoms with van der Waals surface area (Å²) in [6, 6.07) is 7.61. The Hall–Kier alpha value is -4.15. The molecule has 2 aromatic carbocycles. The Morgan fingerprint density at radius 3 is 2.44 bits per heavy atom. The third-order valence-electron chi connectivity index (χ3n) is 5.22. The van der Waals surface area contributed by atoms with Crippen molar-refractivity contribution in [1.82, 2.24) is 5.32 Å². The molecule has 1 aliphatic heterocycles. The lowest BCUT2D eigenvalue weighted by atomic mass is 10.2. The molecule has 1 aliphatic carbocycles. The van der Waals surface area contributed by atoms with Crippen molar-refractivity contribution in [3.63, 3.8) is 0 Å². The van der Waals surface area contributed by atoms with E-state index in [0.29, 0.717) is 36.4 Å². The van der Waals surface area contributed by atoms with Gasteiger partial charge in [-0.15, -0.1) is 0 Å². The van der Waals surface area contributed by atoms with Crippen LogP contribution in [-0.2, 0) is 11.0 Å². The molecule has 0 atom stereocenters. The molecule has 0 saturated heterocycles. The number of alkyl halides is 3. The molecule has 36 heavy (non-hydrogen) atoms. The number of anilines is 2. The molecule has 1 heterocycles. The van der Waals surface area contributed by atoms with Crippen LogP contribution in [0.2, 0.25) is 0 Å². The van der Waals surface area contributed by atoms with Crippen LogP contribution in [0.3, 0.4) is 0 Å². The van der Waals surface area contributed by atoms with E-state index in [1.807, 2.05) is 6.08 Å². The summed E-state index contributed by atoms with van der Waals surface area (Å²) >= 11 is 0. The Morgan fingerprint density at radius 1 is 0.972 bits per heavy atom. The SMILES string of the molecule is O=C(Nc1cccc(OC2=C/C(NC(=O)C3CC3)=C\CC/C=N\2)c1)Nc1ccc(F)c(C(F)(F)F)c1. The second-order valence-corrected chi connectivity index (χ2v) is 8.20. The molecular weight excluding hydrogens is 480 g/mol. The van der Waals surface area contributed by atoms with Crippen LogP contribution in [0.25, 0.3) is 0 Å². The fourth-order valence-corrected chi connectivity index (χ4v) is 3.30. The quantitative estimate of drug-likeness (QED) is 0.424. The van der Waals surface area contributed by atoms with Crippen LogP contribution in [0.4, 0.5) is 33.7 Å². The van der Waals surface area contributed by atoms with E-state index in [-0.39, 0.29) is 29.1 Å². The summed E-state index contributed by atoms with van der Waals surface area (Å²) in [6.45, 7) is 0. The molecule has 7 nitrogen and oxygen atoms in total. The smallest absolute Gasteiger partial charge is 0.419 e. The number of halogens is 4. The largest absolute Gasteiger partial charge is 0.439 e. The molecule has 2 aromatic rings. The second kappa shape index (κ2) is 10.6. The number of allylic oxidation sites excluding steroid dienone is 2. The lowest BCUT2D eigenvalue weighted by molar-refractivity contribution is -0.140. The molecule has 0 bridgehead atoms. The van der Waals surface area contributed by atoms with Crippen LogP contribution in [0.1, 0.15) is 31.2 Å². The van der Waals surface area contributed by atoms with Gasteiger partial charge in [-0.1, -0.05) is 12.1 Å². The highest BCUT2D eigenvalue weighted by atomic mass is 19.4. The van der Waals surface area contributed by atoms with Crippen molar-refractivity contribution in [2.24, 2.45) is 10.9 Å². The van der Waals surface area contributed by atoms with Gasteiger partial charge in [0.1, 0.15) is 11.6 Å². The molecule has 0 spiro atoms. The topological polar surface area (TPSA) is 91.8 Å². The van der Waals surface area contributed by atoms with Gasteiger partial charge in [0, 0.05) is 41.3 Å². The summed E-state index contributed by atoms with van der Waals surface area (Å²) in [5.74, 6) is -0.881. The van der Waals surface area contributed by atoms with E-state index in [0.717, 1.165) is 18.9 Å². The summed E-state index contributed by atoms with van der Waals surface area (Å²) in [5.41, 5.74) is -0.831. The van der Waals surface area contributed by atoms with Crippen molar-refractivity contribution in [2.75, 3.05) is 10.6 Å². The predicted molar refractivity (Wildman–Crippen MR) is 126 cm³/mol. The highest BCUT2D eigenvalue weighted by Gasteiger charge is 2.34. The van der Waals surface area contributed by atoms with Crippen molar-refractivity contribution in [1.29, 1.82) is 0 Å². The van der Waals surface area contributed by atoms with Gasteiger partial charge in [-0.3, -0.25) is 4.79 Å². The number of benzene rings is 2. The third-order valence-corrected chi connectivity index (χ3v) is 5.22. The van der Waals surface area contributed by atoms with Gasteiger partial charge in [-0.05, 0) is 56.0 Å². The summed E-state index contributed by atoms with van der Waals surface area (Å²) in [4.78, 5) is 28.7. The van der Waals surface area contributed by atoms with Crippen LogP contribution in [0, 0.1) is 11.7 Å². The average Bonchev–Trinajstić information content (AvgIpc) is 3.63. The number of aliphatic imine (C=N–C) groups is 1. The summed E-state index contributed by atoms with van der Waals surface area (Å²) < 4.78 is 58.0. The first-order valence-corrected chi connectivity index (χ1v) is 11.2. The van der Waals surface area contributed by atoms with E-state index in [1.54, 1.807) is 30.5 Å². The maximum absolute atomic E-state index is 13.5. The number of carbonyl (C=O) groups is 2. The Labute approximate surface area is 203 Å². The van der Waals surface area contributed by atoms with E-state index >= 15 is 0 Å². The molecular formula is C25H22F4N4O3. The predicted octanol–water partition coefficient (Wildman–Crippen LogP) is 5.98. The number of rotatable bonds is 6. The van der Waals surface area contributed by atoms with E-state index in [4.69, 9.17) is 4.74 Å². The Morgan fingerprint density at radius 2 is 1.72 bits per heavy atom. The van der Waals surface area contributed by atoms with Gasteiger partial charge >= 0.3 is 12.2 Å². The number of nitrogens with zero attached hydrogens (tertiary/aromatic N) is 1. The molecule has 3 N–H and O–H groups in total. The number of hydrogen-bond acceptors (Lipinski definition) is 4. The summed E-state index contributed by atoms with van der Waals surface area (Å²) in [5, 5.41) is 7.60. The standard InChI is InChI=1S/C25H22F4N4O3/c26-21-10-9-18(13-20(21)25(27,28)29)33-24(35)32-16-5-3-6-19(12-16)36-22-14-17(4-1-2-11-30-22)31-23(34)15-7-8-15/h3-6,9-15H,1-2,7-8H2,(H,31,34)(H2,32,33,35)/b17-4+,22-14+,30-11-. The van der Waals surface area contributed by atoms with Crippen LogP contribution in [-0.4, -0.2) is 18.2 Å². The van der Waals surface area contributed by atoms with Crippen molar-refractivity contribution < 1.29 is 31.9 Å². The van der Waals surface area contributed by atoms with Gasteiger partial charge in [0.2, 0.25) is 11.8 Å². The minimum atomic E-state index is -4.89. The molecule has 2 aliphatic rings. The van der Waals surface area contributed by atoms with Crippen LogP contribution in [0.15, 0.2) is 71.2 Å². The third kappa shape index (κ3) is 6.94. The molecule has 0 radical (unpaired) electrons. The molecule has 0 aromatic heterocycles. The lowest BCUT2D eigenvalue weighted by Crippen LogP contribution is -2.24. The van der Waals surface area contributed by atoms with Crippen molar-refractivity contribution in [3.05, 3.63) is 77.6 Å². The highest BCUT2D eigenvalue weighted by Crippen LogP contribution is 2.33. The van der Waals surface area contributed by atoms with Crippen molar-refractivity contribution in [2.45, 2.75) is 31.9 Å². The zero-order chi connectivity index (χ0) is 25.7.